The fraction of sp³-hybridized carbons (Fsp3) is 0.190. The first-order valence-corrected chi connectivity index (χ1v) is 9.24. The molecule has 0 aliphatic carbocycles. The van der Waals surface area contributed by atoms with E-state index in [4.69, 9.17) is 25.8 Å². The number of carbonyl (C=O) groups is 2. The normalized spacial score (nSPS) is 14.4. The minimum absolute atomic E-state index is 0.123. The zero-order valence-corrected chi connectivity index (χ0v) is 16.7. The van der Waals surface area contributed by atoms with E-state index >= 15 is 0 Å². The van der Waals surface area contributed by atoms with Crippen molar-refractivity contribution in [3.05, 3.63) is 64.3 Å². The highest BCUT2D eigenvalue weighted by Crippen LogP contribution is 2.30. The Kier molecular flexibility index (Phi) is 6.51. The number of aliphatic imine (C=N–C) groups is 1. The van der Waals surface area contributed by atoms with Crippen LogP contribution in [-0.4, -0.2) is 38.0 Å². The molecule has 0 saturated carbocycles. The molecule has 1 heterocycles. The molecule has 29 heavy (non-hydrogen) atoms. The van der Waals surface area contributed by atoms with Gasteiger partial charge >= 0.3 is 5.97 Å². The summed E-state index contributed by atoms with van der Waals surface area (Å²) in [5.41, 5.74) is 1.33. The van der Waals surface area contributed by atoms with Gasteiger partial charge in [-0.15, -0.1) is 0 Å². The summed E-state index contributed by atoms with van der Waals surface area (Å²) in [5.74, 6) is 0.188. The van der Waals surface area contributed by atoms with Gasteiger partial charge in [-0.2, -0.15) is 0 Å². The predicted octanol–water partition coefficient (Wildman–Crippen LogP) is 3.21. The fourth-order valence-corrected chi connectivity index (χ4v) is 2.82. The van der Waals surface area contributed by atoms with Gasteiger partial charge in [0.2, 0.25) is 5.90 Å². The average Bonchev–Trinajstić information content (AvgIpc) is 3.07. The molecule has 1 aliphatic heterocycles. The number of hydrogen-bond acceptors (Lipinski definition) is 6. The lowest BCUT2D eigenvalue weighted by Crippen LogP contribution is -2.28. The zero-order chi connectivity index (χ0) is 20.8. The number of esters is 1. The fourth-order valence-electron chi connectivity index (χ4n) is 2.60. The minimum atomic E-state index is -0.574. The van der Waals surface area contributed by atoms with Crippen LogP contribution in [0.3, 0.4) is 0 Å². The van der Waals surface area contributed by atoms with Crippen LogP contribution in [0.5, 0.6) is 11.5 Å². The maximum atomic E-state index is 12.2. The molecule has 0 aromatic heterocycles. The average molecular weight is 415 g/mol. The second kappa shape index (κ2) is 9.25. The maximum Gasteiger partial charge on any atom is 0.363 e. The van der Waals surface area contributed by atoms with Crippen LogP contribution in [0.25, 0.3) is 6.08 Å². The van der Waals surface area contributed by atoms with Crippen molar-refractivity contribution < 1.29 is 23.8 Å². The van der Waals surface area contributed by atoms with Crippen molar-refractivity contribution in [3.8, 4) is 11.5 Å². The second-order valence-electron chi connectivity index (χ2n) is 5.97. The predicted molar refractivity (Wildman–Crippen MR) is 109 cm³/mol. The molecule has 7 nitrogen and oxygen atoms in total. The summed E-state index contributed by atoms with van der Waals surface area (Å²) in [7, 11) is 1.49. The molecule has 1 aliphatic rings. The van der Waals surface area contributed by atoms with E-state index in [0.717, 1.165) is 0 Å². The van der Waals surface area contributed by atoms with Gasteiger partial charge in [0.25, 0.3) is 5.91 Å². The molecule has 0 radical (unpaired) electrons. The van der Waals surface area contributed by atoms with Gasteiger partial charge < -0.3 is 19.5 Å². The molecule has 2 aromatic rings. The number of nitrogens with one attached hydrogen (secondary N) is 1. The molecule has 0 saturated heterocycles. The number of cyclic esters (lactones) is 1. The van der Waals surface area contributed by atoms with E-state index in [0.29, 0.717) is 34.2 Å². The van der Waals surface area contributed by atoms with Gasteiger partial charge in [-0.05, 0) is 42.8 Å². The number of ether oxygens (including phenoxy) is 3. The first-order chi connectivity index (χ1) is 14.0. The van der Waals surface area contributed by atoms with Crippen molar-refractivity contribution in [2.24, 2.45) is 4.99 Å². The monoisotopic (exact) mass is 414 g/mol. The SMILES string of the molecule is CCNC(=O)COc1ccc(C=C2N=C(c3ccccc3Cl)OC2=O)cc1OC. The standard InChI is InChI=1S/C21H19ClN2O5/c1-3-23-19(25)12-28-17-9-8-13(11-18(17)27-2)10-16-21(26)29-20(24-16)14-6-4-5-7-15(14)22/h4-11H,3,12H2,1-2H3,(H,23,25). The summed E-state index contributed by atoms with van der Waals surface area (Å²) in [5, 5.41) is 3.09. The number of methoxy groups -OCH3 is 1. The van der Waals surface area contributed by atoms with Gasteiger partial charge in [0.15, 0.2) is 23.8 Å². The molecular formula is C21H19ClN2O5. The Bertz CT molecular complexity index is 1000. The quantitative estimate of drug-likeness (QED) is 0.555. The number of nitrogens with zero attached hydrogens (tertiary/aromatic N) is 1. The molecular weight excluding hydrogens is 396 g/mol. The number of carbonyl (C=O) groups excluding carboxylic acids is 2. The van der Waals surface area contributed by atoms with Gasteiger partial charge in [0.1, 0.15) is 0 Å². The molecule has 0 fully saturated rings. The Morgan fingerprint density at radius 2 is 2.03 bits per heavy atom. The third-order valence-corrected chi connectivity index (χ3v) is 4.28. The first-order valence-electron chi connectivity index (χ1n) is 8.86. The van der Waals surface area contributed by atoms with Crippen molar-refractivity contribution in [3.63, 3.8) is 0 Å². The lowest BCUT2D eigenvalue weighted by Gasteiger charge is -2.11. The van der Waals surface area contributed by atoms with Crippen LogP contribution in [0.15, 0.2) is 53.2 Å². The summed E-state index contributed by atoms with van der Waals surface area (Å²) >= 11 is 6.14. The van der Waals surface area contributed by atoms with Crippen LogP contribution >= 0.6 is 11.6 Å². The van der Waals surface area contributed by atoms with E-state index in [1.807, 2.05) is 6.92 Å². The van der Waals surface area contributed by atoms with Crippen molar-refractivity contribution in [1.29, 1.82) is 0 Å². The first kappa shape index (κ1) is 20.4. The molecule has 0 bridgehead atoms. The molecule has 0 atom stereocenters. The molecule has 150 valence electrons. The smallest absolute Gasteiger partial charge is 0.363 e. The highest BCUT2D eigenvalue weighted by molar-refractivity contribution is 6.34. The van der Waals surface area contributed by atoms with Crippen LogP contribution in [0, 0.1) is 0 Å². The van der Waals surface area contributed by atoms with E-state index in [1.165, 1.54) is 7.11 Å². The lowest BCUT2D eigenvalue weighted by molar-refractivity contribution is -0.130. The second-order valence-corrected chi connectivity index (χ2v) is 6.38. The number of likely N-dealkylation sites (N-methyl/N-ethyl adjacent to an activating group) is 1. The van der Waals surface area contributed by atoms with Crippen LogP contribution in [0.4, 0.5) is 0 Å². The largest absolute Gasteiger partial charge is 0.493 e. The van der Waals surface area contributed by atoms with Crippen molar-refractivity contribution in [1.82, 2.24) is 5.32 Å². The Hall–Kier alpha value is -3.32. The molecule has 0 spiro atoms. The summed E-state index contributed by atoms with van der Waals surface area (Å²) in [6.45, 7) is 2.23. The Morgan fingerprint density at radius 1 is 1.24 bits per heavy atom. The van der Waals surface area contributed by atoms with Crippen LogP contribution in [0.1, 0.15) is 18.1 Å². The van der Waals surface area contributed by atoms with Crippen LogP contribution in [0.2, 0.25) is 5.02 Å². The van der Waals surface area contributed by atoms with Gasteiger partial charge in [-0.3, -0.25) is 4.79 Å². The number of halogens is 1. The van der Waals surface area contributed by atoms with Crippen LogP contribution in [-0.2, 0) is 14.3 Å². The summed E-state index contributed by atoms with van der Waals surface area (Å²) in [4.78, 5) is 28.0. The van der Waals surface area contributed by atoms with Gasteiger partial charge in [-0.25, -0.2) is 9.79 Å². The third kappa shape index (κ3) is 4.94. The van der Waals surface area contributed by atoms with Crippen molar-refractivity contribution in [2.75, 3.05) is 20.3 Å². The molecule has 1 N–H and O–H groups in total. The van der Waals surface area contributed by atoms with E-state index in [1.54, 1.807) is 48.5 Å². The number of rotatable bonds is 7. The van der Waals surface area contributed by atoms with Gasteiger partial charge in [-0.1, -0.05) is 29.8 Å². The molecule has 0 unspecified atom stereocenters. The summed E-state index contributed by atoms with van der Waals surface area (Å²) in [6, 6.07) is 12.0. The highest BCUT2D eigenvalue weighted by Gasteiger charge is 2.25. The van der Waals surface area contributed by atoms with E-state index in [9.17, 15) is 9.59 Å². The van der Waals surface area contributed by atoms with Crippen molar-refractivity contribution >= 4 is 35.5 Å². The summed E-state index contributed by atoms with van der Waals surface area (Å²) in [6.07, 6.45) is 1.57. The van der Waals surface area contributed by atoms with Crippen molar-refractivity contribution in [2.45, 2.75) is 6.92 Å². The third-order valence-electron chi connectivity index (χ3n) is 3.95. The van der Waals surface area contributed by atoms with Crippen LogP contribution < -0.4 is 14.8 Å². The molecule has 1 amide bonds. The lowest BCUT2D eigenvalue weighted by atomic mass is 10.1. The topological polar surface area (TPSA) is 86.2 Å². The highest BCUT2D eigenvalue weighted by atomic mass is 35.5. The maximum absolute atomic E-state index is 12.2. The Labute approximate surface area is 172 Å². The molecule has 3 rings (SSSR count). The zero-order valence-electron chi connectivity index (χ0n) is 15.9. The van der Waals surface area contributed by atoms with E-state index < -0.39 is 5.97 Å². The summed E-state index contributed by atoms with van der Waals surface area (Å²) < 4.78 is 16.0. The Morgan fingerprint density at radius 3 is 2.76 bits per heavy atom. The van der Waals surface area contributed by atoms with E-state index in [2.05, 4.69) is 10.3 Å². The molecule has 8 heteroatoms. The number of amides is 1. The minimum Gasteiger partial charge on any atom is -0.493 e. The van der Waals surface area contributed by atoms with Gasteiger partial charge in [0.05, 0.1) is 17.7 Å². The Balaban J connectivity index is 1.81. The molecule has 2 aromatic carbocycles. The van der Waals surface area contributed by atoms with E-state index in [-0.39, 0.29) is 24.1 Å². The number of hydrogen-bond donors (Lipinski definition) is 1. The number of benzene rings is 2. The van der Waals surface area contributed by atoms with Gasteiger partial charge in [0, 0.05) is 6.54 Å².